The van der Waals surface area contributed by atoms with Gasteiger partial charge in [-0.15, -0.1) is 0 Å². The van der Waals surface area contributed by atoms with E-state index in [1.807, 2.05) is 26.8 Å². The number of rotatable bonds is 2. The molecule has 0 radical (unpaired) electrons. The van der Waals surface area contributed by atoms with Crippen molar-refractivity contribution in [3.63, 3.8) is 0 Å². The van der Waals surface area contributed by atoms with Crippen molar-refractivity contribution in [1.29, 1.82) is 5.41 Å². The van der Waals surface area contributed by atoms with Crippen LogP contribution in [0.2, 0.25) is 0 Å². The van der Waals surface area contributed by atoms with E-state index >= 15 is 0 Å². The maximum atomic E-state index is 7.72. The number of nitrogen functional groups attached to an aromatic ring is 1. The molecule has 98 valence electrons. The Morgan fingerprint density at radius 1 is 1.44 bits per heavy atom. The molecule has 2 heterocycles. The molecule has 0 spiro atoms. The number of nitrogens with zero attached hydrogens (tertiary/aromatic N) is 2. The number of amidine groups is 1. The first-order valence-corrected chi connectivity index (χ1v) is 6.19. The summed E-state index contributed by atoms with van der Waals surface area (Å²) in [7, 11) is 0. The standard InChI is InChI=1S/C13H20N4O/c1-8-4-5-16-13(11(8)12(14)15)17-6-9(2)18-10(3)7-17/h4-5,9-10H,6-7H2,1-3H3,(H3,14,15). The highest BCUT2D eigenvalue weighted by atomic mass is 16.5. The average Bonchev–Trinajstić information content (AvgIpc) is 2.26. The highest BCUT2D eigenvalue weighted by Crippen LogP contribution is 2.24. The largest absolute Gasteiger partial charge is 0.384 e. The highest BCUT2D eigenvalue weighted by Gasteiger charge is 2.25. The van der Waals surface area contributed by atoms with Gasteiger partial charge >= 0.3 is 0 Å². The molecule has 1 fully saturated rings. The van der Waals surface area contributed by atoms with Crippen LogP contribution in [0.5, 0.6) is 0 Å². The summed E-state index contributed by atoms with van der Waals surface area (Å²) in [6, 6.07) is 1.88. The summed E-state index contributed by atoms with van der Waals surface area (Å²) >= 11 is 0. The zero-order valence-corrected chi connectivity index (χ0v) is 11.1. The predicted molar refractivity (Wildman–Crippen MR) is 72.2 cm³/mol. The topological polar surface area (TPSA) is 75.2 Å². The SMILES string of the molecule is Cc1ccnc(N2CC(C)OC(C)C2)c1C(=N)N. The molecule has 5 nitrogen and oxygen atoms in total. The fraction of sp³-hybridized carbons (Fsp3) is 0.538. The lowest BCUT2D eigenvalue weighted by Gasteiger charge is -2.37. The van der Waals surface area contributed by atoms with Gasteiger partial charge in [-0.2, -0.15) is 0 Å². The van der Waals surface area contributed by atoms with E-state index in [0.717, 1.165) is 30.0 Å². The van der Waals surface area contributed by atoms with Crippen LogP contribution < -0.4 is 10.6 Å². The van der Waals surface area contributed by atoms with Crippen molar-refractivity contribution in [1.82, 2.24) is 4.98 Å². The van der Waals surface area contributed by atoms with Crippen molar-refractivity contribution in [3.8, 4) is 0 Å². The van der Waals surface area contributed by atoms with Gasteiger partial charge in [0.1, 0.15) is 11.7 Å². The molecule has 2 unspecified atom stereocenters. The van der Waals surface area contributed by atoms with Crippen molar-refractivity contribution >= 4 is 11.7 Å². The number of aromatic nitrogens is 1. The fourth-order valence-corrected chi connectivity index (χ4v) is 2.47. The molecule has 1 aromatic heterocycles. The molecule has 1 aliphatic heterocycles. The maximum absolute atomic E-state index is 7.72. The molecule has 2 rings (SSSR count). The predicted octanol–water partition coefficient (Wildman–Crippen LogP) is 1.29. The Labute approximate surface area is 107 Å². The second-order valence-electron chi connectivity index (χ2n) is 4.90. The number of hydrogen-bond acceptors (Lipinski definition) is 4. The first-order valence-electron chi connectivity index (χ1n) is 6.19. The Bertz CT molecular complexity index is 450. The summed E-state index contributed by atoms with van der Waals surface area (Å²) in [5.41, 5.74) is 7.40. The summed E-state index contributed by atoms with van der Waals surface area (Å²) in [5.74, 6) is 0.867. The Hall–Kier alpha value is -1.62. The third kappa shape index (κ3) is 2.46. The lowest BCUT2D eigenvalue weighted by Crippen LogP contribution is -2.46. The normalized spacial score (nSPS) is 24.1. The Morgan fingerprint density at radius 2 is 2.06 bits per heavy atom. The lowest BCUT2D eigenvalue weighted by atomic mass is 10.1. The number of aryl methyl sites for hydroxylation is 1. The van der Waals surface area contributed by atoms with Crippen LogP contribution in [-0.4, -0.2) is 36.1 Å². The Balaban J connectivity index is 2.38. The van der Waals surface area contributed by atoms with Crippen molar-refractivity contribution in [3.05, 3.63) is 23.4 Å². The minimum Gasteiger partial charge on any atom is -0.384 e. The van der Waals surface area contributed by atoms with Crippen LogP contribution >= 0.6 is 0 Å². The van der Waals surface area contributed by atoms with E-state index < -0.39 is 0 Å². The molecule has 0 saturated carbocycles. The summed E-state index contributed by atoms with van der Waals surface area (Å²) in [6.45, 7) is 7.61. The van der Waals surface area contributed by atoms with Crippen LogP contribution in [0.1, 0.15) is 25.0 Å². The summed E-state index contributed by atoms with van der Waals surface area (Å²) < 4.78 is 5.71. The van der Waals surface area contributed by atoms with E-state index in [4.69, 9.17) is 15.9 Å². The van der Waals surface area contributed by atoms with Crippen LogP contribution in [-0.2, 0) is 4.74 Å². The van der Waals surface area contributed by atoms with Crippen molar-refractivity contribution in [2.75, 3.05) is 18.0 Å². The van der Waals surface area contributed by atoms with E-state index in [9.17, 15) is 0 Å². The number of ether oxygens (including phenoxy) is 1. The van der Waals surface area contributed by atoms with E-state index in [1.165, 1.54) is 0 Å². The van der Waals surface area contributed by atoms with Gasteiger partial charge in [0.15, 0.2) is 0 Å². The fourth-order valence-electron chi connectivity index (χ4n) is 2.47. The first kappa shape index (κ1) is 12.8. The van der Waals surface area contributed by atoms with Crippen LogP contribution in [0.15, 0.2) is 12.3 Å². The number of morpholine rings is 1. The zero-order valence-electron chi connectivity index (χ0n) is 11.1. The number of hydrogen-bond donors (Lipinski definition) is 2. The minimum atomic E-state index is 0.0717. The van der Waals surface area contributed by atoms with Crippen LogP contribution in [0.4, 0.5) is 5.82 Å². The third-order valence-electron chi connectivity index (χ3n) is 3.13. The molecule has 0 amide bonds. The molecule has 1 aromatic rings. The highest BCUT2D eigenvalue weighted by molar-refractivity contribution is 6.01. The molecule has 1 saturated heterocycles. The van der Waals surface area contributed by atoms with Gasteiger partial charge in [-0.1, -0.05) is 0 Å². The van der Waals surface area contributed by atoms with Gasteiger partial charge < -0.3 is 15.4 Å². The molecule has 0 bridgehead atoms. The second kappa shape index (κ2) is 4.94. The van der Waals surface area contributed by atoms with E-state index in [1.54, 1.807) is 6.20 Å². The molecule has 5 heteroatoms. The van der Waals surface area contributed by atoms with Gasteiger partial charge in [0.2, 0.25) is 0 Å². The lowest BCUT2D eigenvalue weighted by molar-refractivity contribution is -0.00547. The summed E-state index contributed by atoms with van der Waals surface area (Å²) in [4.78, 5) is 6.56. The Kier molecular flexibility index (Phi) is 3.52. The molecule has 1 aliphatic rings. The average molecular weight is 248 g/mol. The molecular formula is C13H20N4O. The van der Waals surface area contributed by atoms with Crippen LogP contribution in [0, 0.1) is 12.3 Å². The maximum Gasteiger partial charge on any atom is 0.139 e. The number of anilines is 1. The van der Waals surface area contributed by atoms with Crippen molar-refractivity contribution in [2.45, 2.75) is 33.0 Å². The number of nitrogens with two attached hydrogens (primary N) is 1. The quantitative estimate of drug-likeness (QED) is 0.611. The molecule has 0 aromatic carbocycles. The summed E-state index contributed by atoms with van der Waals surface area (Å²) in [5, 5.41) is 7.72. The van der Waals surface area contributed by atoms with Crippen LogP contribution in [0.3, 0.4) is 0 Å². The van der Waals surface area contributed by atoms with E-state index in [2.05, 4.69) is 9.88 Å². The first-order chi connectivity index (χ1) is 8.49. The van der Waals surface area contributed by atoms with Gasteiger partial charge in [-0.3, -0.25) is 5.41 Å². The minimum absolute atomic E-state index is 0.0717. The smallest absolute Gasteiger partial charge is 0.139 e. The molecule has 0 aliphatic carbocycles. The van der Waals surface area contributed by atoms with Gasteiger partial charge in [-0.05, 0) is 32.4 Å². The van der Waals surface area contributed by atoms with Crippen molar-refractivity contribution in [2.24, 2.45) is 5.73 Å². The third-order valence-corrected chi connectivity index (χ3v) is 3.13. The van der Waals surface area contributed by atoms with E-state index in [-0.39, 0.29) is 18.0 Å². The van der Waals surface area contributed by atoms with Gasteiger partial charge in [0.05, 0.1) is 17.8 Å². The van der Waals surface area contributed by atoms with E-state index in [0.29, 0.717) is 0 Å². The number of pyridine rings is 1. The second-order valence-corrected chi connectivity index (χ2v) is 4.90. The molecule has 2 atom stereocenters. The van der Waals surface area contributed by atoms with Crippen molar-refractivity contribution < 1.29 is 4.74 Å². The van der Waals surface area contributed by atoms with Gasteiger partial charge in [-0.25, -0.2) is 4.98 Å². The molecule has 18 heavy (non-hydrogen) atoms. The summed E-state index contributed by atoms with van der Waals surface area (Å²) in [6.07, 6.45) is 2.09. The molecule has 3 N–H and O–H groups in total. The number of nitrogens with one attached hydrogen (secondary N) is 1. The van der Waals surface area contributed by atoms with Gasteiger partial charge in [0.25, 0.3) is 0 Å². The molecular weight excluding hydrogens is 228 g/mol. The zero-order chi connectivity index (χ0) is 13.3. The Morgan fingerprint density at radius 3 is 2.61 bits per heavy atom. The van der Waals surface area contributed by atoms with Crippen LogP contribution in [0.25, 0.3) is 0 Å². The van der Waals surface area contributed by atoms with Gasteiger partial charge in [0, 0.05) is 19.3 Å². The monoisotopic (exact) mass is 248 g/mol.